The lowest BCUT2D eigenvalue weighted by Gasteiger charge is -2.32. The molecule has 0 saturated carbocycles. The van der Waals surface area contributed by atoms with Crippen LogP contribution in [0.4, 0.5) is 35.2 Å². The first-order valence-corrected chi connectivity index (χ1v) is 15.3. The number of hydrogen-bond acceptors (Lipinski definition) is 7. The number of carbonyl (C=O) groups excluding carboxylic acids is 3. The summed E-state index contributed by atoms with van der Waals surface area (Å²) in [6.45, 7) is 10.0. The van der Waals surface area contributed by atoms with E-state index in [2.05, 4.69) is 9.97 Å². The van der Waals surface area contributed by atoms with Crippen molar-refractivity contribution in [3.8, 4) is 0 Å². The van der Waals surface area contributed by atoms with Crippen molar-refractivity contribution < 1.29 is 32.3 Å². The Bertz CT molecular complexity index is 1720. The number of anilines is 3. The summed E-state index contributed by atoms with van der Waals surface area (Å²) in [6, 6.07) is 8.27. The molecule has 0 N–H and O–H groups in total. The van der Waals surface area contributed by atoms with Gasteiger partial charge in [-0.25, -0.2) is 9.78 Å². The molecule has 3 aromatic rings. The third-order valence-electron chi connectivity index (χ3n) is 8.19. The zero-order valence-corrected chi connectivity index (χ0v) is 27.6. The summed E-state index contributed by atoms with van der Waals surface area (Å²) in [4.78, 5) is 54.5. The van der Waals surface area contributed by atoms with E-state index >= 15 is 0 Å². The Hall–Kier alpha value is -4.68. The monoisotopic (exact) mass is 652 g/mol. The van der Waals surface area contributed by atoms with Crippen molar-refractivity contribution in [1.82, 2.24) is 14.9 Å². The standard InChI is InChI=1S/C34H39F3N6O4/c1-20-9-8-10-26(30(20)40(6)17-22-14-23-18-42(19-25(23)38-16-22)32(46)47-33(3,4)5)41(7)31(45)27-11-12-29(44)43(27)28-15-24(34(35,36)37)13-21(2)39-28/h8-10,13-16,27H,11-12,17-19H2,1-7H3/t27-/m0/s1. The van der Waals surface area contributed by atoms with Crippen molar-refractivity contribution in [3.05, 3.63) is 76.2 Å². The minimum absolute atomic E-state index is 0.0124. The van der Waals surface area contributed by atoms with Crippen molar-refractivity contribution >= 4 is 35.1 Å². The van der Waals surface area contributed by atoms with Crippen molar-refractivity contribution in [2.45, 2.75) is 84.9 Å². The number of rotatable bonds is 6. The van der Waals surface area contributed by atoms with Crippen LogP contribution < -0.4 is 14.7 Å². The predicted molar refractivity (Wildman–Crippen MR) is 171 cm³/mol. The van der Waals surface area contributed by atoms with E-state index in [9.17, 15) is 27.6 Å². The van der Waals surface area contributed by atoms with Crippen LogP contribution in [-0.2, 0) is 40.1 Å². The maximum atomic E-state index is 14.0. The van der Waals surface area contributed by atoms with Crippen LogP contribution in [0.3, 0.4) is 0 Å². The van der Waals surface area contributed by atoms with Gasteiger partial charge >= 0.3 is 12.3 Å². The summed E-state index contributed by atoms with van der Waals surface area (Å²) < 4.78 is 46.3. The zero-order chi connectivity index (χ0) is 34.4. The van der Waals surface area contributed by atoms with Crippen LogP contribution in [-0.4, -0.2) is 58.5 Å². The molecule has 0 aliphatic carbocycles. The number of benzene rings is 1. The van der Waals surface area contributed by atoms with E-state index in [0.29, 0.717) is 25.3 Å². The molecular formula is C34H39F3N6O4. The second kappa shape index (κ2) is 12.5. The smallest absolute Gasteiger partial charge is 0.416 e. The summed E-state index contributed by atoms with van der Waals surface area (Å²) in [5, 5.41) is 0. The third-order valence-corrected chi connectivity index (χ3v) is 8.19. The van der Waals surface area contributed by atoms with Crippen LogP contribution in [0.5, 0.6) is 0 Å². The average Bonchev–Trinajstić information content (AvgIpc) is 3.58. The molecular weight excluding hydrogens is 613 g/mol. The van der Waals surface area contributed by atoms with E-state index in [-0.39, 0.29) is 24.4 Å². The maximum absolute atomic E-state index is 14.0. The predicted octanol–water partition coefficient (Wildman–Crippen LogP) is 6.16. The molecule has 0 spiro atoms. The Balaban J connectivity index is 1.37. The van der Waals surface area contributed by atoms with Gasteiger partial charge in [0.2, 0.25) is 11.8 Å². The van der Waals surface area contributed by atoms with Gasteiger partial charge in [-0.2, -0.15) is 13.2 Å². The second-order valence-corrected chi connectivity index (χ2v) is 13.2. The number of fused-ring (bicyclic) bond motifs is 1. The summed E-state index contributed by atoms with van der Waals surface area (Å²) in [5.74, 6) is -1.09. The first-order chi connectivity index (χ1) is 21.9. The Morgan fingerprint density at radius 2 is 1.79 bits per heavy atom. The number of carbonyl (C=O) groups is 3. The molecule has 2 aromatic heterocycles. The molecule has 250 valence electrons. The van der Waals surface area contributed by atoms with Gasteiger partial charge in [-0.1, -0.05) is 12.1 Å². The number of alkyl halides is 3. The summed E-state index contributed by atoms with van der Waals surface area (Å²) >= 11 is 0. The van der Waals surface area contributed by atoms with Crippen molar-refractivity contribution in [1.29, 1.82) is 0 Å². The second-order valence-electron chi connectivity index (χ2n) is 13.2. The fraction of sp³-hybridized carbons (Fsp3) is 0.441. The van der Waals surface area contributed by atoms with Gasteiger partial charge in [-0.05, 0) is 82.0 Å². The molecule has 0 bridgehead atoms. The van der Waals surface area contributed by atoms with E-state index in [1.807, 2.05) is 57.8 Å². The Labute approximate surface area is 272 Å². The number of amides is 3. The van der Waals surface area contributed by atoms with Crippen LogP contribution in [0, 0.1) is 13.8 Å². The van der Waals surface area contributed by atoms with Crippen molar-refractivity contribution in [2.24, 2.45) is 0 Å². The molecule has 1 aromatic carbocycles. The van der Waals surface area contributed by atoms with Crippen molar-refractivity contribution in [2.75, 3.05) is 28.8 Å². The highest BCUT2D eigenvalue weighted by molar-refractivity contribution is 6.09. The van der Waals surface area contributed by atoms with Gasteiger partial charge in [0.15, 0.2) is 0 Å². The number of aryl methyl sites for hydroxylation is 2. The fourth-order valence-corrected chi connectivity index (χ4v) is 6.10. The molecule has 2 aliphatic heterocycles. The number of para-hydroxylation sites is 1. The van der Waals surface area contributed by atoms with Crippen LogP contribution in [0.15, 0.2) is 42.6 Å². The number of ether oxygens (including phenoxy) is 1. The molecule has 4 heterocycles. The molecule has 5 rings (SSSR count). The van der Waals surface area contributed by atoms with Gasteiger partial charge in [0, 0.05) is 39.0 Å². The highest BCUT2D eigenvalue weighted by atomic mass is 19.4. The van der Waals surface area contributed by atoms with Crippen molar-refractivity contribution in [3.63, 3.8) is 0 Å². The number of pyridine rings is 2. The van der Waals surface area contributed by atoms with Gasteiger partial charge in [0.1, 0.15) is 17.5 Å². The van der Waals surface area contributed by atoms with E-state index in [0.717, 1.165) is 45.1 Å². The van der Waals surface area contributed by atoms with Gasteiger partial charge in [0.25, 0.3) is 0 Å². The highest BCUT2D eigenvalue weighted by Gasteiger charge is 2.41. The Morgan fingerprint density at radius 1 is 1.06 bits per heavy atom. The Kier molecular flexibility index (Phi) is 8.95. The topological polar surface area (TPSA) is 99.2 Å². The number of hydrogen-bond donors (Lipinski definition) is 0. The molecule has 13 heteroatoms. The molecule has 1 atom stereocenters. The molecule has 1 saturated heterocycles. The quantitative estimate of drug-likeness (QED) is 0.315. The SMILES string of the molecule is Cc1cc(C(F)(F)F)cc(N2C(=O)CC[C@H]2C(=O)N(C)c2cccc(C)c2N(C)Cc2cnc3c(c2)CN(C(=O)OC(C)(C)C)C3)n1. The molecule has 0 unspecified atom stereocenters. The minimum atomic E-state index is -4.63. The lowest BCUT2D eigenvalue weighted by molar-refractivity contribution is -0.137. The first kappa shape index (κ1) is 33.7. The van der Waals surface area contributed by atoms with Gasteiger partial charge in [0.05, 0.1) is 35.7 Å². The highest BCUT2D eigenvalue weighted by Crippen LogP contribution is 2.37. The van der Waals surface area contributed by atoms with Gasteiger partial charge in [-0.3, -0.25) is 24.4 Å². The van der Waals surface area contributed by atoms with E-state index in [4.69, 9.17) is 4.74 Å². The number of likely N-dealkylation sites (N-methyl/N-ethyl adjacent to an activating group) is 1. The number of aromatic nitrogens is 2. The number of halogens is 3. The summed E-state index contributed by atoms with van der Waals surface area (Å²) in [6.07, 6.45) is -3.09. The molecule has 47 heavy (non-hydrogen) atoms. The van der Waals surface area contributed by atoms with Crippen LogP contribution in [0.25, 0.3) is 0 Å². The van der Waals surface area contributed by atoms with E-state index in [1.165, 1.54) is 11.8 Å². The minimum Gasteiger partial charge on any atom is -0.444 e. The molecule has 1 fully saturated rings. The maximum Gasteiger partial charge on any atom is 0.416 e. The fourth-order valence-electron chi connectivity index (χ4n) is 6.10. The molecule has 0 radical (unpaired) electrons. The van der Waals surface area contributed by atoms with Crippen LogP contribution in [0.1, 0.15) is 67.3 Å². The molecule has 3 amide bonds. The normalized spacial score (nSPS) is 16.4. The lowest BCUT2D eigenvalue weighted by atomic mass is 10.1. The largest absolute Gasteiger partial charge is 0.444 e. The zero-order valence-electron chi connectivity index (χ0n) is 27.6. The number of nitrogens with zero attached hydrogens (tertiary/aromatic N) is 6. The Morgan fingerprint density at radius 3 is 2.47 bits per heavy atom. The summed E-state index contributed by atoms with van der Waals surface area (Å²) in [7, 11) is 3.49. The first-order valence-electron chi connectivity index (χ1n) is 15.3. The van der Waals surface area contributed by atoms with Gasteiger partial charge in [-0.15, -0.1) is 0 Å². The molecule has 2 aliphatic rings. The van der Waals surface area contributed by atoms with Gasteiger partial charge < -0.3 is 14.5 Å². The van der Waals surface area contributed by atoms with Crippen LogP contribution >= 0.6 is 0 Å². The molecule has 10 nitrogen and oxygen atoms in total. The van der Waals surface area contributed by atoms with Crippen LogP contribution in [0.2, 0.25) is 0 Å². The van der Waals surface area contributed by atoms with E-state index < -0.39 is 41.3 Å². The third kappa shape index (κ3) is 7.18. The van der Waals surface area contributed by atoms with E-state index in [1.54, 1.807) is 24.2 Å². The summed E-state index contributed by atoms with van der Waals surface area (Å²) in [5.41, 5.74) is 3.44. The average molecular weight is 653 g/mol. The lowest BCUT2D eigenvalue weighted by Crippen LogP contribution is -2.46.